The van der Waals surface area contributed by atoms with E-state index in [0.717, 1.165) is 17.0 Å². The van der Waals surface area contributed by atoms with Gasteiger partial charge in [0, 0.05) is 17.4 Å². The lowest BCUT2D eigenvalue weighted by Gasteiger charge is -2.10. The smallest absolute Gasteiger partial charge is 0.255 e. The summed E-state index contributed by atoms with van der Waals surface area (Å²) in [4.78, 5) is 16.1. The van der Waals surface area contributed by atoms with Crippen molar-refractivity contribution in [1.82, 2.24) is 4.98 Å². The average molecular weight is 335 g/mol. The highest BCUT2D eigenvalue weighted by atomic mass is 79.9. The zero-order valence-corrected chi connectivity index (χ0v) is 12.9. The maximum absolute atomic E-state index is 12.1. The van der Waals surface area contributed by atoms with Crippen molar-refractivity contribution in [3.05, 3.63) is 52.3 Å². The van der Waals surface area contributed by atoms with E-state index in [2.05, 4.69) is 26.2 Å². The van der Waals surface area contributed by atoms with Gasteiger partial charge in [-0.25, -0.2) is 4.98 Å². The molecular formula is C15H15BrN2O2. The number of nitrogens with zero attached hydrogens (tertiary/aromatic N) is 1. The number of aryl methyl sites for hydroxylation is 1. The highest BCUT2D eigenvalue weighted by molar-refractivity contribution is 9.10. The predicted octanol–water partition coefficient (Wildman–Crippen LogP) is 3.80. The Morgan fingerprint density at radius 2 is 2.15 bits per heavy atom. The molecule has 1 N–H and O–H groups in total. The molecule has 0 aliphatic rings. The number of pyridine rings is 1. The maximum atomic E-state index is 12.1. The van der Waals surface area contributed by atoms with Crippen molar-refractivity contribution in [3.63, 3.8) is 0 Å². The molecule has 104 valence electrons. The van der Waals surface area contributed by atoms with Crippen molar-refractivity contribution < 1.29 is 9.53 Å². The molecule has 2 rings (SSSR count). The first-order chi connectivity index (χ1) is 9.60. The summed E-state index contributed by atoms with van der Waals surface area (Å²) in [6.07, 6.45) is 1.59. The molecule has 0 bridgehead atoms. The van der Waals surface area contributed by atoms with Crippen LogP contribution in [0.3, 0.4) is 0 Å². The highest BCUT2D eigenvalue weighted by Gasteiger charge is 2.09. The number of carbonyl (C=O) groups excluding carboxylic acids is 1. The van der Waals surface area contributed by atoms with Gasteiger partial charge in [-0.05, 0) is 65.7 Å². The van der Waals surface area contributed by atoms with Gasteiger partial charge in [0.15, 0.2) is 0 Å². The van der Waals surface area contributed by atoms with E-state index in [4.69, 9.17) is 4.74 Å². The van der Waals surface area contributed by atoms with E-state index in [1.54, 1.807) is 18.3 Å². The lowest BCUT2D eigenvalue weighted by Crippen LogP contribution is -2.13. The Labute approximate surface area is 126 Å². The van der Waals surface area contributed by atoms with Crippen molar-refractivity contribution >= 4 is 27.5 Å². The minimum Gasteiger partial charge on any atom is -0.494 e. The monoisotopic (exact) mass is 334 g/mol. The third kappa shape index (κ3) is 3.57. The van der Waals surface area contributed by atoms with E-state index >= 15 is 0 Å². The summed E-state index contributed by atoms with van der Waals surface area (Å²) in [6, 6.07) is 8.94. The van der Waals surface area contributed by atoms with Crippen LogP contribution in [0.4, 0.5) is 5.69 Å². The number of amides is 1. The fraction of sp³-hybridized carbons (Fsp3) is 0.200. The number of ether oxygens (including phenoxy) is 1. The molecule has 4 nitrogen and oxygen atoms in total. The SMILES string of the molecule is CCOc1ccc(NC(=O)c2ccnc(Br)c2)c(C)c1. The van der Waals surface area contributed by atoms with Crippen molar-refractivity contribution in [2.75, 3.05) is 11.9 Å². The van der Waals surface area contributed by atoms with Crippen LogP contribution in [-0.4, -0.2) is 17.5 Å². The zero-order valence-electron chi connectivity index (χ0n) is 11.3. The molecule has 0 unspecified atom stereocenters. The molecule has 0 radical (unpaired) electrons. The molecule has 1 heterocycles. The summed E-state index contributed by atoms with van der Waals surface area (Å²) in [6.45, 7) is 4.49. The molecule has 0 saturated carbocycles. The van der Waals surface area contributed by atoms with Crippen LogP contribution in [0, 0.1) is 6.92 Å². The molecule has 0 fully saturated rings. The fourth-order valence-corrected chi connectivity index (χ4v) is 2.14. The molecule has 0 spiro atoms. The Morgan fingerprint density at radius 1 is 1.35 bits per heavy atom. The van der Waals surface area contributed by atoms with Gasteiger partial charge >= 0.3 is 0 Å². The summed E-state index contributed by atoms with van der Waals surface area (Å²) in [7, 11) is 0. The summed E-state index contributed by atoms with van der Waals surface area (Å²) in [5, 5.41) is 2.88. The van der Waals surface area contributed by atoms with E-state index in [1.165, 1.54) is 0 Å². The van der Waals surface area contributed by atoms with Crippen molar-refractivity contribution in [3.8, 4) is 5.75 Å². The number of halogens is 1. The van der Waals surface area contributed by atoms with Gasteiger partial charge in [0.25, 0.3) is 5.91 Å². The molecule has 5 heteroatoms. The molecule has 0 saturated heterocycles. The second-order valence-corrected chi connectivity index (χ2v) is 5.04. The molecule has 1 aromatic carbocycles. The summed E-state index contributed by atoms with van der Waals surface area (Å²) < 4.78 is 6.05. The first kappa shape index (κ1) is 14.5. The van der Waals surface area contributed by atoms with Crippen LogP contribution in [0.1, 0.15) is 22.8 Å². The minimum absolute atomic E-state index is 0.166. The molecule has 1 amide bonds. The van der Waals surface area contributed by atoms with Gasteiger partial charge < -0.3 is 10.1 Å². The van der Waals surface area contributed by atoms with Crippen LogP contribution < -0.4 is 10.1 Å². The van der Waals surface area contributed by atoms with Gasteiger partial charge in [-0.15, -0.1) is 0 Å². The summed E-state index contributed by atoms with van der Waals surface area (Å²) in [5.74, 6) is 0.634. The number of hydrogen-bond acceptors (Lipinski definition) is 3. The normalized spacial score (nSPS) is 10.2. The Hall–Kier alpha value is -1.88. The van der Waals surface area contributed by atoms with Crippen LogP contribution >= 0.6 is 15.9 Å². The Kier molecular flexibility index (Phi) is 4.74. The predicted molar refractivity (Wildman–Crippen MR) is 82.2 cm³/mol. The first-order valence-electron chi connectivity index (χ1n) is 6.26. The molecule has 2 aromatic rings. The lowest BCUT2D eigenvalue weighted by atomic mass is 10.1. The van der Waals surface area contributed by atoms with Crippen LogP contribution in [-0.2, 0) is 0 Å². The number of benzene rings is 1. The second kappa shape index (κ2) is 6.52. The molecule has 0 aliphatic heterocycles. The topological polar surface area (TPSA) is 51.2 Å². The number of nitrogens with one attached hydrogen (secondary N) is 1. The van der Waals surface area contributed by atoms with E-state index in [1.807, 2.05) is 32.0 Å². The van der Waals surface area contributed by atoms with E-state index in [9.17, 15) is 4.79 Å². The third-order valence-electron chi connectivity index (χ3n) is 2.75. The van der Waals surface area contributed by atoms with Gasteiger partial charge in [-0.2, -0.15) is 0 Å². The van der Waals surface area contributed by atoms with Gasteiger partial charge in [0.2, 0.25) is 0 Å². The third-order valence-corrected chi connectivity index (χ3v) is 3.18. The minimum atomic E-state index is -0.166. The molecule has 1 aromatic heterocycles. The maximum Gasteiger partial charge on any atom is 0.255 e. The largest absolute Gasteiger partial charge is 0.494 e. The molecule has 0 aliphatic carbocycles. The van der Waals surface area contributed by atoms with Crippen molar-refractivity contribution in [1.29, 1.82) is 0 Å². The number of carbonyl (C=O) groups is 1. The first-order valence-corrected chi connectivity index (χ1v) is 7.06. The van der Waals surface area contributed by atoms with E-state index in [0.29, 0.717) is 16.8 Å². The quantitative estimate of drug-likeness (QED) is 0.865. The highest BCUT2D eigenvalue weighted by Crippen LogP contribution is 2.22. The van der Waals surface area contributed by atoms with E-state index < -0.39 is 0 Å². The number of aromatic nitrogens is 1. The molecule has 0 atom stereocenters. The average Bonchev–Trinajstić information content (AvgIpc) is 2.42. The Morgan fingerprint density at radius 3 is 2.80 bits per heavy atom. The summed E-state index contributed by atoms with van der Waals surface area (Å²) >= 11 is 3.25. The number of rotatable bonds is 4. The van der Waals surface area contributed by atoms with Crippen LogP contribution in [0.2, 0.25) is 0 Å². The molecular weight excluding hydrogens is 320 g/mol. The van der Waals surface area contributed by atoms with Crippen molar-refractivity contribution in [2.45, 2.75) is 13.8 Å². The number of hydrogen-bond donors (Lipinski definition) is 1. The lowest BCUT2D eigenvalue weighted by molar-refractivity contribution is 0.102. The standard InChI is InChI=1S/C15H15BrN2O2/c1-3-20-12-4-5-13(10(2)8-12)18-15(19)11-6-7-17-14(16)9-11/h4-9H,3H2,1-2H3,(H,18,19). The van der Waals surface area contributed by atoms with Gasteiger partial charge in [-0.1, -0.05) is 0 Å². The van der Waals surface area contributed by atoms with E-state index in [-0.39, 0.29) is 5.91 Å². The van der Waals surface area contributed by atoms with Crippen molar-refractivity contribution in [2.24, 2.45) is 0 Å². The molecule has 20 heavy (non-hydrogen) atoms. The van der Waals surface area contributed by atoms with Crippen LogP contribution in [0.5, 0.6) is 5.75 Å². The Bertz CT molecular complexity index is 629. The van der Waals surface area contributed by atoms with Gasteiger partial charge in [-0.3, -0.25) is 4.79 Å². The van der Waals surface area contributed by atoms with Gasteiger partial charge in [0.05, 0.1) is 6.61 Å². The Balaban J connectivity index is 2.15. The second-order valence-electron chi connectivity index (χ2n) is 4.23. The van der Waals surface area contributed by atoms with Crippen LogP contribution in [0.25, 0.3) is 0 Å². The zero-order chi connectivity index (χ0) is 14.5. The van der Waals surface area contributed by atoms with Gasteiger partial charge in [0.1, 0.15) is 10.4 Å². The fourth-order valence-electron chi connectivity index (χ4n) is 1.77. The number of anilines is 1. The summed E-state index contributed by atoms with van der Waals surface area (Å²) in [5.41, 5.74) is 2.28. The van der Waals surface area contributed by atoms with Crippen LogP contribution in [0.15, 0.2) is 41.1 Å².